The molecule has 3 amide bonds. The number of nitrogens with zero attached hydrogens (tertiary/aromatic N) is 1. The van der Waals surface area contributed by atoms with E-state index in [-0.39, 0.29) is 21.6 Å². The van der Waals surface area contributed by atoms with Crippen LogP contribution in [-0.2, 0) is 4.74 Å². The molecule has 3 rings (SSSR count). The number of fused-ring (bicyclic) bond motifs is 1. The third kappa shape index (κ3) is 4.81. The van der Waals surface area contributed by atoms with Crippen LogP contribution in [0.3, 0.4) is 0 Å². The van der Waals surface area contributed by atoms with Crippen molar-refractivity contribution in [1.82, 2.24) is 10.3 Å². The quantitative estimate of drug-likeness (QED) is 0.470. The van der Waals surface area contributed by atoms with E-state index >= 15 is 0 Å². The van der Waals surface area contributed by atoms with Crippen LogP contribution in [0.15, 0.2) is 42.6 Å². The largest absolute Gasteiger partial charge is 0.383 e. The minimum absolute atomic E-state index is 0.181. The number of amides is 3. The molecular formula is C21H20Cl2N4O3. The molecule has 9 heteroatoms. The van der Waals surface area contributed by atoms with Crippen LogP contribution in [0.25, 0.3) is 10.9 Å². The van der Waals surface area contributed by atoms with Crippen molar-refractivity contribution in [2.24, 2.45) is 0 Å². The number of hydrogen-bond acceptors (Lipinski definition) is 4. The number of para-hydroxylation sites is 1. The smallest absolute Gasteiger partial charge is 0.319 e. The van der Waals surface area contributed by atoms with Crippen LogP contribution in [0, 0.1) is 6.92 Å². The summed E-state index contributed by atoms with van der Waals surface area (Å²) in [5.74, 6) is -0.452. The molecule has 0 spiro atoms. The number of methoxy groups -OCH3 is 1. The molecule has 1 aromatic heterocycles. The highest BCUT2D eigenvalue weighted by molar-refractivity contribution is 6.40. The van der Waals surface area contributed by atoms with Gasteiger partial charge in [-0.1, -0.05) is 41.4 Å². The van der Waals surface area contributed by atoms with Crippen LogP contribution >= 0.6 is 23.2 Å². The van der Waals surface area contributed by atoms with Gasteiger partial charge in [0.2, 0.25) is 0 Å². The molecule has 2 aromatic carbocycles. The van der Waals surface area contributed by atoms with E-state index < -0.39 is 5.91 Å². The Morgan fingerprint density at radius 3 is 2.47 bits per heavy atom. The Hall–Kier alpha value is -2.87. The van der Waals surface area contributed by atoms with Gasteiger partial charge in [0.15, 0.2) is 0 Å². The first kappa shape index (κ1) is 21.8. The molecule has 0 aliphatic carbocycles. The predicted octanol–water partition coefficient (Wildman–Crippen LogP) is 4.87. The van der Waals surface area contributed by atoms with E-state index in [1.807, 2.05) is 13.0 Å². The van der Waals surface area contributed by atoms with Crippen LogP contribution in [0.1, 0.15) is 15.9 Å². The van der Waals surface area contributed by atoms with E-state index in [4.69, 9.17) is 27.9 Å². The van der Waals surface area contributed by atoms with Gasteiger partial charge in [0.1, 0.15) is 0 Å². The first-order chi connectivity index (χ1) is 14.4. The van der Waals surface area contributed by atoms with Crippen molar-refractivity contribution in [3.05, 3.63) is 63.8 Å². The van der Waals surface area contributed by atoms with E-state index in [0.29, 0.717) is 35.4 Å². The molecule has 0 unspecified atom stereocenters. The molecule has 0 atom stereocenters. The maximum Gasteiger partial charge on any atom is 0.319 e. The molecule has 156 valence electrons. The van der Waals surface area contributed by atoms with Gasteiger partial charge < -0.3 is 20.7 Å². The fourth-order valence-electron chi connectivity index (χ4n) is 2.91. The highest BCUT2D eigenvalue weighted by Gasteiger charge is 2.17. The number of anilines is 2. The molecule has 0 fully saturated rings. The number of carbonyl (C=O) groups excluding carboxylic acids is 2. The Morgan fingerprint density at radius 2 is 1.77 bits per heavy atom. The Labute approximate surface area is 183 Å². The van der Waals surface area contributed by atoms with E-state index in [9.17, 15) is 9.59 Å². The van der Waals surface area contributed by atoms with Gasteiger partial charge in [-0.05, 0) is 30.7 Å². The van der Waals surface area contributed by atoms with Crippen LogP contribution in [0.2, 0.25) is 10.0 Å². The number of ether oxygens (including phenoxy) is 1. The van der Waals surface area contributed by atoms with Crippen molar-refractivity contribution in [2.45, 2.75) is 6.92 Å². The number of urea groups is 1. The lowest BCUT2D eigenvalue weighted by molar-refractivity contribution is 0.102. The van der Waals surface area contributed by atoms with Gasteiger partial charge in [-0.15, -0.1) is 0 Å². The highest BCUT2D eigenvalue weighted by atomic mass is 35.5. The minimum Gasteiger partial charge on any atom is -0.383 e. The maximum absolute atomic E-state index is 12.8. The summed E-state index contributed by atoms with van der Waals surface area (Å²) >= 11 is 12.3. The summed E-state index contributed by atoms with van der Waals surface area (Å²) in [6, 6.07) is 9.79. The number of hydrogen-bond donors (Lipinski definition) is 3. The van der Waals surface area contributed by atoms with Gasteiger partial charge in [0, 0.05) is 25.2 Å². The number of benzene rings is 2. The molecule has 0 aliphatic heterocycles. The molecule has 0 saturated carbocycles. The molecule has 30 heavy (non-hydrogen) atoms. The summed E-state index contributed by atoms with van der Waals surface area (Å²) in [5, 5.41) is 9.54. The first-order valence-electron chi connectivity index (χ1n) is 9.10. The second-order valence-corrected chi connectivity index (χ2v) is 7.26. The van der Waals surface area contributed by atoms with Gasteiger partial charge in [-0.2, -0.15) is 0 Å². The average molecular weight is 447 g/mol. The van der Waals surface area contributed by atoms with E-state index in [2.05, 4.69) is 20.9 Å². The Kier molecular flexibility index (Phi) is 7.10. The van der Waals surface area contributed by atoms with Crippen molar-refractivity contribution >= 4 is 57.4 Å². The zero-order valence-electron chi connectivity index (χ0n) is 16.4. The van der Waals surface area contributed by atoms with Crippen molar-refractivity contribution in [1.29, 1.82) is 0 Å². The van der Waals surface area contributed by atoms with Gasteiger partial charge in [-0.25, -0.2) is 4.79 Å². The summed E-state index contributed by atoms with van der Waals surface area (Å²) in [6.45, 7) is 2.63. The van der Waals surface area contributed by atoms with Gasteiger partial charge in [-0.3, -0.25) is 9.78 Å². The summed E-state index contributed by atoms with van der Waals surface area (Å²) in [5.41, 5.74) is 2.55. The van der Waals surface area contributed by atoms with E-state index in [0.717, 1.165) is 5.56 Å². The Bertz CT molecular complexity index is 1080. The highest BCUT2D eigenvalue weighted by Crippen LogP contribution is 2.31. The Balaban J connectivity index is 1.92. The molecule has 0 saturated heterocycles. The molecule has 0 aliphatic rings. The van der Waals surface area contributed by atoms with E-state index in [1.54, 1.807) is 43.6 Å². The number of aromatic nitrogens is 1. The third-order valence-corrected chi connectivity index (χ3v) is 4.99. The fraction of sp³-hybridized carbons (Fsp3) is 0.190. The monoisotopic (exact) mass is 446 g/mol. The van der Waals surface area contributed by atoms with Crippen molar-refractivity contribution in [3.63, 3.8) is 0 Å². The standard InChI is InChI=1S/C21H20Cl2N4O3/c1-12-11-25-19-13(18(12)27-21(29)24-9-10-30-2)5-3-8-16(19)26-20(28)17-14(22)6-4-7-15(17)23/h3-8,11H,9-10H2,1-2H3,(H,26,28)(H2,24,25,27,29). The number of halogens is 2. The van der Waals surface area contributed by atoms with Crippen molar-refractivity contribution < 1.29 is 14.3 Å². The number of nitrogens with one attached hydrogen (secondary N) is 3. The van der Waals surface area contributed by atoms with Gasteiger partial charge in [0.25, 0.3) is 5.91 Å². The zero-order chi connectivity index (χ0) is 21.7. The number of rotatable bonds is 6. The van der Waals surface area contributed by atoms with Crippen molar-refractivity contribution in [3.8, 4) is 0 Å². The van der Waals surface area contributed by atoms with Crippen LogP contribution in [-0.4, -0.2) is 37.2 Å². The number of pyridine rings is 1. The molecule has 3 N–H and O–H groups in total. The third-order valence-electron chi connectivity index (χ3n) is 4.36. The SMILES string of the molecule is COCCNC(=O)Nc1c(C)cnc2c(NC(=O)c3c(Cl)cccc3Cl)cccc12. The molecule has 7 nitrogen and oxygen atoms in total. The molecule has 1 heterocycles. The lowest BCUT2D eigenvalue weighted by Crippen LogP contribution is -2.31. The molecule has 0 radical (unpaired) electrons. The van der Waals surface area contributed by atoms with Gasteiger partial charge in [0.05, 0.1) is 39.1 Å². The minimum atomic E-state index is -0.452. The van der Waals surface area contributed by atoms with Crippen LogP contribution in [0.4, 0.5) is 16.2 Å². The summed E-state index contributed by atoms with van der Waals surface area (Å²) in [7, 11) is 1.56. The zero-order valence-corrected chi connectivity index (χ0v) is 17.9. The topological polar surface area (TPSA) is 92.3 Å². The summed E-state index contributed by atoms with van der Waals surface area (Å²) in [6.07, 6.45) is 1.63. The maximum atomic E-state index is 12.8. The summed E-state index contributed by atoms with van der Waals surface area (Å²) < 4.78 is 4.93. The lowest BCUT2D eigenvalue weighted by Gasteiger charge is -2.15. The fourth-order valence-corrected chi connectivity index (χ4v) is 3.48. The number of carbonyl (C=O) groups is 2. The van der Waals surface area contributed by atoms with Crippen molar-refractivity contribution in [2.75, 3.05) is 30.9 Å². The normalized spacial score (nSPS) is 10.7. The predicted molar refractivity (Wildman–Crippen MR) is 120 cm³/mol. The Morgan fingerprint density at radius 1 is 1.07 bits per heavy atom. The second kappa shape index (κ2) is 9.75. The summed E-state index contributed by atoms with van der Waals surface area (Å²) in [4.78, 5) is 29.4. The molecule has 3 aromatic rings. The molecular weight excluding hydrogens is 427 g/mol. The van der Waals surface area contributed by atoms with Crippen LogP contribution in [0.5, 0.6) is 0 Å². The number of aryl methyl sites for hydroxylation is 1. The first-order valence-corrected chi connectivity index (χ1v) is 9.85. The lowest BCUT2D eigenvalue weighted by atomic mass is 10.1. The average Bonchev–Trinajstić information content (AvgIpc) is 2.70. The second-order valence-electron chi connectivity index (χ2n) is 6.44. The van der Waals surface area contributed by atoms with Gasteiger partial charge >= 0.3 is 6.03 Å². The van der Waals surface area contributed by atoms with Crippen LogP contribution < -0.4 is 16.0 Å². The van der Waals surface area contributed by atoms with E-state index in [1.165, 1.54) is 0 Å². The molecule has 0 bridgehead atoms.